The Balaban J connectivity index is 2.34. The van der Waals surface area contributed by atoms with E-state index in [1.807, 2.05) is 6.92 Å². The van der Waals surface area contributed by atoms with Gasteiger partial charge < -0.3 is 15.3 Å². The normalized spacial score (nSPS) is 21.5. The van der Waals surface area contributed by atoms with Crippen molar-refractivity contribution in [2.24, 2.45) is 0 Å². The monoisotopic (exact) mass is 215 g/mol. The van der Waals surface area contributed by atoms with E-state index in [1.54, 1.807) is 0 Å². The van der Waals surface area contributed by atoms with Crippen LogP contribution in [0.2, 0.25) is 0 Å². The number of nitrogens with zero attached hydrogens (tertiary/aromatic N) is 2. The molecule has 0 radical (unpaired) electrons. The Kier molecular flexibility index (Phi) is 5.01. The number of carboxylic acids is 1. The van der Waals surface area contributed by atoms with E-state index >= 15 is 0 Å². The van der Waals surface area contributed by atoms with Gasteiger partial charge in [-0.3, -0.25) is 9.69 Å². The van der Waals surface area contributed by atoms with Crippen LogP contribution in [0.15, 0.2) is 0 Å². The molecule has 0 bridgehead atoms. The van der Waals surface area contributed by atoms with E-state index in [1.165, 1.54) is 0 Å². The molecule has 0 amide bonds. The molecule has 1 fully saturated rings. The topological polar surface area (TPSA) is 55.8 Å². The van der Waals surface area contributed by atoms with E-state index in [0.29, 0.717) is 13.1 Å². The van der Waals surface area contributed by atoms with E-state index in [0.717, 1.165) is 26.2 Å². The number of carbonyl (C=O) groups is 1. The number of hydrogen-bond donors (Lipinski definition) is 2. The van der Waals surface area contributed by atoms with Crippen molar-refractivity contribution < 1.29 is 9.90 Å². The number of hydrogen-bond acceptors (Lipinski definition) is 4. The number of rotatable bonds is 5. The first-order valence-corrected chi connectivity index (χ1v) is 5.50. The molecule has 0 aromatic heterocycles. The summed E-state index contributed by atoms with van der Waals surface area (Å²) >= 11 is 0. The van der Waals surface area contributed by atoms with Crippen molar-refractivity contribution in [3.63, 3.8) is 0 Å². The molecule has 5 nitrogen and oxygen atoms in total. The van der Waals surface area contributed by atoms with Crippen LogP contribution < -0.4 is 5.32 Å². The number of likely N-dealkylation sites (N-methyl/N-ethyl adjacent to an activating group) is 2. The Hall–Kier alpha value is -0.650. The molecule has 0 aliphatic carbocycles. The summed E-state index contributed by atoms with van der Waals surface area (Å²) < 4.78 is 0. The van der Waals surface area contributed by atoms with E-state index in [4.69, 9.17) is 5.11 Å². The van der Waals surface area contributed by atoms with Crippen LogP contribution in [0, 0.1) is 0 Å². The zero-order valence-corrected chi connectivity index (χ0v) is 9.57. The maximum atomic E-state index is 10.9. The molecule has 1 atom stereocenters. The van der Waals surface area contributed by atoms with Crippen LogP contribution in [-0.4, -0.2) is 73.2 Å². The van der Waals surface area contributed by atoms with Crippen LogP contribution in [0.4, 0.5) is 0 Å². The highest BCUT2D eigenvalue weighted by atomic mass is 16.4. The summed E-state index contributed by atoms with van der Waals surface area (Å²) in [5, 5.41) is 12.0. The molecule has 2 N–H and O–H groups in total. The second-order valence-corrected chi connectivity index (χ2v) is 4.05. The molecule has 0 aromatic carbocycles. The van der Waals surface area contributed by atoms with Crippen molar-refractivity contribution in [3.8, 4) is 0 Å². The quantitative estimate of drug-likeness (QED) is 0.635. The van der Waals surface area contributed by atoms with Crippen LogP contribution in [0.25, 0.3) is 0 Å². The maximum absolute atomic E-state index is 10.9. The minimum absolute atomic E-state index is 0.432. The van der Waals surface area contributed by atoms with Gasteiger partial charge >= 0.3 is 5.97 Å². The standard InChI is InChI=1S/C10H21N3O2/c1-3-11-9(10(14)15)8-13-6-4-12(2)5-7-13/h9,11H,3-8H2,1-2H3,(H,14,15). The zero-order valence-electron chi connectivity index (χ0n) is 9.57. The second-order valence-electron chi connectivity index (χ2n) is 4.05. The van der Waals surface area contributed by atoms with Gasteiger partial charge in [0.15, 0.2) is 0 Å². The molecule has 88 valence electrons. The summed E-state index contributed by atoms with van der Waals surface area (Å²) in [6, 6.07) is -0.432. The number of nitrogens with one attached hydrogen (secondary N) is 1. The van der Waals surface area contributed by atoms with Gasteiger partial charge in [-0.25, -0.2) is 0 Å². The molecule has 1 rings (SSSR count). The molecule has 0 saturated carbocycles. The fourth-order valence-electron chi connectivity index (χ4n) is 1.76. The molecule has 1 saturated heterocycles. The minimum atomic E-state index is -0.754. The molecule has 0 aromatic rings. The van der Waals surface area contributed by atoms with Crippen LogP contribution >= 0.6 is 0 Å². The molecule has 5 heteroatoms. The lowest BCUT2D eigenvalue weighted by atomic mass is 10.2. The summed E-state index contributed by atoms with van der Waals surface area (Å²) in [5.41, 5.74) is 0. The van der Waals surface area contributed by atoms with Gasteiger partial charge in [-0.1, -0.05) is 6.92 Å². The predicted molar refractivity (Wildman–Crippen MR) is 59.0 cm³/mol. The van der Waals surface area contributed by atoms with Crippen LogP contribution in [0.1, 0.15) is 6.92 Å². The summed E-state index contributed by atoms with van der Waals surface area (Å²) in [4.78, 5) is 15.4. The molecular formula is C10H21N3O2. The minimum Gasteiger partial charge on any atom is -0.480 e. The van der Waals surface area contributed by atoms with Gasteiger partial charge in [-0.05, 0) is 13.6 Å². The third-order valence-electron chi connectivity index (χ3n) is 2.79. The van der Waals surface area contributed by atoms with Gasteiger partial charge in [0, 0.05) is 32.7 Å². The Morgan fingerprint density at radius 1 is 1.40 bits per heavy atom. The molecule has 1 unspecified atom stereocenters. The molecule has 15 heavy (non-hydrogen) atoms. The van der Waals surface area contributed by atoms with Gasteiger partial charge in [0.05, 0.1) is 0 Å². The number of carboxylic acid groups (broad SMARTS) is 1. The van der Waals surface area contributed by atoms with Gasteiger partial charge in [0.2, 0.25) is 0 Å². The lowest BCUT2D eigenvalue weighted by Gasteiger charge is -2.33. The van der Waals surface area contributed by atoms with Gasteiger partial charge in [0.1, 0.15) is 6.04 Å². The molecule has 0 spiro atoms. The predicted octanol–water partition coefficient (Wildman–Crippen LogP) is -0.703. The van der Waals surface area contributed by atoms with E-state index in [2.05, 4.69) is 22.2 Å². The third-order valence-corrected chi connectivity index (χ3v) is 2.79. The highest BCUT2D eigenvalue weighted by Gasteiger charge is 2.22. The first-order valence-electron chi connectivity index (χ1n) is 5.50. The zero-order chi connectivity index (χ0) is 11.3. The first-order chi connectivity index (χ1) is 7.13. The number of aliphatic carboxylic acids is 1. The highest BCUT2D eigenvalue weighted by molar-refractivity contribution is 5.73. The van der Waals surface area contributed by atoms with Crippen LogP contribution in [0.5, 0.6) is 0 Å². The van der Waals surface area contributed by atoms with Gasteiger partial charge in [0.25, 0.3) is 0 Å². The van der Waals surface area contributed by atoms with Gasteiger partial charge in [-0.2, -0.15) is 0 Å². The Morgan fingerprint density at radius 3 is 2.47 bits per heavy atom. The maximum Gasteiger partial charge on any atom is 0.322 e. The molecular weight excluding hydrogens is 194 g/mol. The Morgan fingerprint density at radius 2 is 2.00 bits per heavy atom. The molecule has 1 aliphatic rings. The first kappa shape index (κ1) is 12.4. The van der Waals surface area contributed by atoms with E-state index in [-0.39, 0.29) is 0 Å². The molecule has 1 heterocycles. The summed E-state index contributed by atoms with van der Waals surface area (Å²) in [7, 11) is 2.09. The fraction of sp³-hybridized carbons (Fsp3) is 0.900. The van der Waals surface area contributed by atoms with E-state index < -0.39 is 12.0 Å². The third kappa shape index (κ3) is 4.15. The van der Waals surface area contributed by atoms with E-state index in [9.17, 15) is 4.79 Å². The van der Waals surface area contributed by atoms with Crippen molar-refractivity contribution in [2.45, 2.75) is 13.0 Å². The molecule has 1 aliphatic heterocycles. The second kappa shape index (κ2) is 6.05. The van der Waals surface area contributed by atoms with Crippen molar-refractivity contribution in [2.75, 3.05) is 46.3 Å². The van der Waals surface area contributed by atoms with Gasteiger partial charge in [-0.15, -0.1) is 0 Å². The highest BCUT2D eigenvalue weighted by Crippen LogP contribution is 2.00. The van der Waals surface area contributed by atoms with Crippen molar-refractivity contribution in [1.29, 1.82) is 0 Å². The fourth-order valence-corrected chi connectivity index (χ4v) is 1.76. The van der Waals surface area contributed by atoms with Crippen molar-refractivity contribution >= 4 is 5.97 Å². The summed E-state index contributed by atoms with van der Waals surface area (Å²) in [6.07, 6.45) is 0. The summed E-state index contributed by atoms with van der Waals surface area (Å²) in [5.74, 6) is -0.754. The smallest absolute Gasteiger partial charge is 0.322 e. The largest absolute Gasteiger partial charge is 0.480 e. The Bertz CT molecular complexity index is 203. The average Bonchev–Trinajstić information content (AvgIpc) is 2.20. The van der Waals surface area contributed by atoms with Crippen molar-refractivity contribution in [1.82, 2.24) is 15.1 Å². The SMILES string of the molecule is CCNC(CN1CCN(C)CC1)C(=O)O. The summed E-state index contributed by atoms with van der Waals surface area (Å²) in [6.45, 7) is 7.22. The van der Waals surface area contributed by atoms with Crippen LogP contribution in [0.3, 0.4) is 0 Å². The average molecular weight is 215 g/mol. The number of piperazine rings is 1. The van der Waals surface area contributed by atoms with Crippen LogP contribution in [-0.2, 0) is 4.79 Å². The lowest BCUT2D eigenvalue weighted by molar-refractivity contribution is -0.140. The Labute approximate surface area is 91.0 Å². The lowest BCUT2D eigenvalue weighted by Crippen LogP contribution is -2.51. The van der Waals surface area contributed by atoms with Crippen molar-refractivity contribution in [3.05, 3.63) is 0 Å².